The SMILES string of the molecule is COC1C(C(=O)N(c2ccc3ncsc3c2)[C@H]2CCCC[C@@H]2O)OC(CO)C(O)C1n1cc(-c2cc(F)c(F)c(F)c2)nn1. The smallest absolute Gasteiger partial charge is 0.259 e. The van der Waals surface area contributed by atoms with Crippen LogP contribution in [-0.4, -0.2) is 91.5 Å². The molecule has 1 aliphatic carbocycles. The molecule has 0 radical (unpaired) electrons. The topological polar surface area (TPSA) is 143 Å². The monoisotopic (exact) mass is 633 g/mol. The minimum Gasteiger partial charge on any atom is -0.394 e. The van der Waals surface area contributed by atoms with E-state index in [1.807, 2.05) is 6.07 Å². The predicted molar refractivity (Wildman–Crippen MR) is 152 cm³/mol. The van der Waals surface area contributed by atoms with E-state index in [1.165, 1.54) is 34.2 Å². The molecule has 4 aromatic rings. The van der Waals surface area contributed by atoms with Gasteiger partial charge in [-0.05, 0) is 43.2 Å². The summed E-state index contributed by atoms with van der Waals surface area (Å²) in [7, 11) is 1.32. The van der Waals surface area contributed by atoms with E-state index in [-0.39, 0.29) is 11.3 Å². The molecule has 7 atom stereocenters. The Morgan fingerprint density at radius 3 is 2.61 bits per heavy atom. The number of methoxy groups -OCH3 is 1. The standard InChI is InChI=1S/C29H30F3N5O6S/c1-42-27-25(36-11-19(34-35-36)14-8-16(30)24(32)17(31)9-14)26(40)22(12-38)43-28(27)29(41)37(20-4-2-3-5-21(20)39)15-6-7-18-23(10-15)44-13-33-18/h6-11,13,20-22,25-28,38-40H,2-5,12H2,1H3/t20-,21-,22?,25?,26?,27?,28?/m0/s1. The van der Waals surface area contributed by atoms with Crippen LogP contribution in [0.1, 0.15) is 31.7 Å². The lowest BCUT2D eigenvalue weighted by Gasteiger charge is -2.46. The van der Waals surface area contributed by atoms with Crippen molar-refractivity contribution in [2.75, 3.05) is 18.6 Å². The summed E-state index contributed by atoms with van der Waals surface area (Å²) in [6.07, 6.45) is -2.17. The Morgan fingerprint density at radius 1 is 1.16 bits per heavy atom. The predicted octanol–water partition coefficient (Wildman–Crippen LogP) is 2.99. The first-order valence-corrected chi connectivity index (χ1v) is 15.0. The summed E-state index contributed by atoms with van der Waals surface area (Å²) >= 11 is 1.40. The Hall–Kier alpha value is -3.47. The van der Waals surface area contributed by atoms with E-state index < -0.39 is 72.6 Å². The van der Waals surface area contributed by atoms with Crippen LogP contribution in [0.2, 0.25) is 0 Å². The molecule has 3 N–H and O–H groups in total. The summed E-state index contributed by atoms with van der Waals surface area (Å²) in [5.74, 6) is -5.02. The third kappa shape index (κ3) is 5.48. The number of hydrogen-bond donors (Lipinski definition) is 3. The second-order valence-corrected chi connectivity index (χ2v) is 11.8. The number of thiazole rings is 1. The van der Waals surface area contributed by atoms with Gasteiger partial charge in [-0.1, -0.05) is 18.1 Å². The highest BCUT2D eigenvalue weighted by Crippen LogP contribution is 2.37. The first-order valence-electron chi connectivity index (χ1n) is 14.1. The summed E-state index contributed by atoms with van der Waals surface area (Å²) in [6, 6.07) is 5.13. The molecule has 1 aliphatic heterocycles. The van der Waals surface area contributed by atoms with E-state index in [2.05, 4.69) is 15.3 Å². The second kappa shape index (κ2) is 12.5. The maximum absolute atomic E-state index is 14.5. The zero-order chi connectivity index (χ0) is 31.1. The van der Waals surface area contributed by atoms with Gasteiger partial charge in [0.1, 0.15) is 30.0 Å². The fourth-order valence-corrected chi connectivity index (χ4v) is 6.83. The van der Waals surface area contributed by atoms with Crippen LogP contribution >= 0.6 is 11.3 Å². The van der Waals surface area contributed by atoms with E-state index in [1.54, 1.807) is 17.6 Å². The third-order valence-corrected chi connectivity index (χ3v) is 9.13. The Labute approximate surface area is 253 Å². The van der Waals surface area contributed by atoms with Crippen molar-refractivity contribution in [1.82, 2.24) is 20.0 Å². The molecule has 6 rings (SSSR count). The fourth-order valence-electron chi connectivity index (χ4n) is 6.12. The molecule has 15 heteroatoms. The second-order valence-electron chi connectivity index (χ2n) is 10.9. The number of nitrogens with zero attached hydrogens (tertiary/aromatic N) is 5. The summed E-state index contributed by atoms with van der Waals surface area (Å²) in [4.78, 5) is 20.3. The van der Waals surface area contributed by atoms with Gasteiger partial charge in [-0.3, -0.25) is 4.79 Å². The number of aliphatic hydroxyl groups is 3. The maximum Gasteiger partial charge on any atom is 0.259 e. The van der Waals surface area contributed by atoms with Gasteiger partial charge >= 0.3 is 0 Å². The van der Waals surface area contributed by atoms with Gasteiger partial charge in [0.25, 0.3) is 5.91 Å². The number of halogens is 3. The van der Waals surface area contributed by atoms with Crippen molar-refractivity contribution in [1.29, 1.82) is 0 Å². The van der Waals surface area contributed by atoms with Gasteiger partial charge in [0.15, 0.2) is 23.6 Å². The molecule has 11 nitrogen and oxygen atoms in total. The van der Waals surface area contributed by atoms with Crippen LogP contribution in [0.25, 0.3) is 21.5 Å². The van der Waals surface area contributed by atoms with Gasteiger partial charge in [0.05, 0.1) is 40.7 Å². The van der Waals surface area contributed by atoms with Crippen molar-refractivity contribution in [2.45, 2.75) is 68.3 Å². The van der Waals surface area contributed by atoms with Crippen molar-refractivity contribution in [2.24, 2.45) is 0 Å². The number of carbonyl (C=O) groups is 1. The summed E-state index contributed by atoms with van der Waals surface area (Å²) < 4.78 is 55.1. The zero-order valence-corrected chi connectivity index (χ0v) is 24.3. The lowest BCUT2D eigenvalue weighted by molar-refractivity contribution is -0.211. The third-order valence-electron chi connectivity index (χ3n) is 8.33. The number of anilines is 1. The first kappa shape index (κ1) is 30.6. The highest BCUT2D eigenvalue weighted by molar-refractivity contribution is 7.16. The minimum absolute atomic E-state index is 0.0374. The van der Waals surface area contributed by atoms with Crippen LogP contribution in [-0.2, 0) is 14.3 Å². The number of aliphatic hydroxyl groups excluding tert-OH is 3. The maximum atomic E-state index is 14.5. The molecule has 44 heavy (non-hydrogen) atoms. The average molecular weight is 634 g/mol. The molecule has 2 aromatic heterocycles. The van der Waals surface area contributed by atoms with Gasteiger partial charge in [0.2, 0.25) is 0 Å². The number of rotatable bonds is 7. The molecular weight excluding hydrogens is 603 g/mol. The minimum atomic E-state index is -1.63. The highest BCUT2D eigenvalue weighted by Gasteiger charge is 2.52. The van der Waals surface area contributed by atoms with Crippen molar-refractivity contribution in [3.63, 3.8) is 0 Å². The Kier molecular flexibility index (Phi) is 8.68. The molecule has 2 fully saturated rings. The van der Waals surface area contributed by atoms with Gasteiger partial charge in [-0.25, -0.2) is 22.8 Å². The molecule has 0 bridgehead atoms. The molecule has 234 valence electrons. The van der Waals surface area contributed by atoms with Crippen molar-refractivity contribution >= 4 is 33.1 Å². The Balaban J connectivity index is 1.39. The van der Waals surface area contributed by atoms with Gasteiger partial charge in [-0.2, -0.15) is 0 Å². The Bertz CT molecular complexity index is 1630. The highest BCUT2D eigenvalue weighted by atomic mass is 32.1. The molecule has 2 aromatic carbocycles. The largest absolute Gasteiger partial charge is 0.394 e. The number of amides is 1. The first-order chi connectivity index (χ1) is 21.2. The lowest BCUT2D eigenvalue weighted by atomic mass is 9.88. The number of hydrogen-bond acceptors (Lipinski definition) is 10. The number of ether oxygens (including phenoxy) is 2. The molecular formula is C29H30F3N5O6S. The van der Waals surface area contributed by atoms with E-state index in [0.717, 1.165) is 35.2 Å². The summed E-state index contributed by atoms with van der Waals surface area (Å²) in [6.45, 7) is -0.660. The number of aromatic nitrogens is 4. The normalized spacial score (nSPS) is 27.5. The average Bonchev–Trinajstić information content (AvgIpc) is 3.70. The van der Waals surface area contributed by atoms with Crippen molar-refractivity contribution in [3.05, 3.63) is 59.5 Å². The molecule has 1 amide bonds. The van der Waals surface area contributed by atoms with Crippen LogP contribution in [0, 0.1) is 17.5 Å². The zero-order valence-electron chi connectivity index (χ0n) is 23.5. The molecule has 3 heterocycles. The molecule has 5 unspecified atom stereocenters. The number of benzene rings is 2. The van der Waals surface area contributed by atoms with E-state index >= 15 is 0 Å². The summed E-state index contributed by atoms with van der Waals surface area (Å²) in [5, 5.41) is 40.4. The van der Waals surface area contributed by atoms with Crippen LogP contribution < -0.4 is 4.90 Å². The van der Waals surface area contributed by atoms with Crippen LogP contribution in [0.4, 0.5) is 18.9 Å². The van der Waals surface area contributed by atoms with E-state index in [9.17, 15) is 33.3 Å². The molecule has 0 spiro atoms. The fraction of sp³-hybridized carbons (Fsp3) is 0.448. The number of carbonyl (C=O) groups excluding carboxylic acids is 1. The van der Waals surface area contributed by atoms with Gasteiger partial charge < -0.3 is 29.7 Å². The Morgan fingerprint density at radius 2 is 1.91 bits per heavy atom. The van der Waals surface area contributed by atoms with E-state index in [0.29, 0.717) is 18.5 Å². The number of fused-ring (bicyclic) bond motifs is 1. The molecule has 2 aliphatic rings. The van der Waals surface area contributed by atoms with E-state index in [4.69, 9.17) is 9.47 Å². The molecule has 1 saturated heterocycles. The van der Waals surface area contributed by atoms with Crippen LogP contribution in [0.15, 0.2) is 42.0 Å². The van der Waals surface area contributed by atoms with Gasteiger partial charge in [-0.15, -0.1) is 16.4 Å². The lowest BCUT2D eigenvalue weighted by Crippen LogP contribution is -2.63. The summed E-state index contributed by atoms with van der Waals surface area (Å²) in [5.41, 5.74) is 2.82. The van der Waals surface area contributed by atoms with Crippen molar-refractivity contribution in [3.8, 4) is 11.3 Å². The van der Waals surface area contributed by atoms with Crippen LogP contribution in [0.5, 0.6) is 0 Å². The quantitative estimate of drug-likeness (QED) is 0.262. The van der Waals surface area contributed by atoms with Crippen LogP contribution in [0.3, 0.4) is 0 Å². The van der Waals surface area contributed by atoms with Crippen molar-refractivity contribution < 1.29 is 42.8 Å². The van der Waals surface area contributed by atoms with Gasteiger partial charge in [0, 0.05) is 18.4 Å². The molecule has 1 saturated carbocycles.